The molecule has 1 heterocycles. The molecule has 1 saturated heterocycles. The van der Waals surface area contributed by atoms with Crippen LogP contribution in [0.5, 0.6) is 0 Å². The third-order valence-electron chi connectivity index (χ3n) is 5.40. The largest absolute Gasteiger partial charge is 0.488 e. The van der Waals surface area contributed by atoms with E-state index < -0.39 is 7.12 Å². The van der Waals surface area contributed by atoms with Crippen LogP contribution in [-0.4, -0.2) is 29.0 Å². The Morgan fingerprint density at radius 3 is 1.86 bits per heavy atom. The smallest absolute Gasteiger partial charge is 0.423 e. The number of anilines is 1. The number of hydrogen-bond acceptors (Lipinski definition) is 4. The second-order valence-corrected chi connectivity index (χ2v) is 7.27. The molecule has 1 aliphatic rings. The molecule has 0 aromatic heterocycles. The quantitative estimate of drug-likeness (QED) is 0.631. The van der Waals surface area contributed by atoms with Crippen molar-refractivity contribution in [2.24, 2.45) is 11.8 Å². The predicted octanol–water partition coefficient (Wildman–Crippen LogP) is 2.71. The average molecular weight is 381 g/mol. The monoisotopic (exact) mass is 381 g/mol. The van der Waals surface area contributed by atoms with Gasteiger partial charge in [0.05, 0.1) is 5.69 Å². The lowest BCUT2D eigenvalue weighted by atomic mass is 9.79. The van der Waals surface area contributed by atoms with Gasteiger partial charge in [-0.25, -0.2) is 0 Å². The van der Waals surface area contributed by atoms with Crippen LogP contribution in [0.4, 0.5) is 5.69 Å². The van der Waals surface area contributed by atoms with Crippen molar-refractivity contribution in [2.75, 3.05) is 4.90 Å². The first-order valence-electron chi connectivity index (χ1n) is 9.66. The number of amides is 2. The minimum absolute atomic E-state index is 0.0984. The van der Waals surface area contributed by atoms with Crippen molar-refractivity contribution >= 4 is 30.1 Å². The SMILES string of the molecule is CC1C(=O)N(c2ccccc2)C(=O)C1C.CCC(C)c1ccc(B(O)O)cc1. The maximum Gasteiger partial charge on any atom is 0.488 e. The Kier molecular flexibility index (Phi) is 7.55. The van der Waals surface area contributed by atoms with Gasteiger partial charge in [-0.2, -0.15) is 0 Å². The molecule has 6 heteroatoms. The number of nitrogens with zero attached hydrogens (tertiary/aromatic N) is 1. The molecule has 28 heavy (non-hydrogen) atoms. The standard InChI is InChI=1S/C12H13NO2.C10H15BO2/c1-8-9(2)12(15)13(11(8)14)10-6-4-3-5-7-10;1-3-8(2)9-4-6-10(7-5-9)11(12)13/h3-9H,1-2H3;4-8,12-13H,3H2,1-2H3. The van der Waals surface area contributed by atoms with Crippen molar-refractivity contribution in [1.82, 2.24) is 0 Å². The van der Waals surface area contributed by atoms with Crippen molar-refractivity contribution in [3.8, 4) is 0 Å². The van der Waals surface area contributed by atoms with Gasteiger partial charge in [0, 0.05) is 11.8 Å². The highest BCUT2D eigenvalue weighted by molar-refractivity contribution is 6.58. The van der Waals surface area contributed by atoms with E-state index in [1.165, 1.54) is 10.5 Å². The second kappa shape index (κ2) is 9.67. The minimum Gasteiger partial charge on any atom is -0.423 e. The summed E-state index contributed by atoms with van der Waals surface area (Å²) in [6, 6.07) is 16.5. The van der Waals surface area contributed by atoms with Gasteiger partial charge in [-0.3, -0.25) is 14.5 Å². The highest BCUT2D eigenvalue weighted by Gasteiger charge is 2.42. The van der Waals surface area contributed by atoms with E-state index in [2.05, 4.69) is 13.8 Å². The zero-order valence-corrected chi connectivity index (χ0v) is 16.9. The Hall–Kier alpha value is -2.44. The van der Waals surface area contributed by atoms with Gasteiger partial charge in [-0.15, -0.1) is 0 Å². The van der Waals surface area contributed by atoms with Crippen molar-refractivity contribution in [1.29, 1.82) is 0 Å². The zero-order chi connectivity index (χ0) is 20.8. The van der Waals surface area contributed by atoms with Crippen LogP contribution in [0.2, 0.25) is 0 Å². The van der Waals surface area contributed by atoms with Gasteiger partial charge >= 0.3 is 7.12 Å². The molecular formula is C22H28BNO4. The van der Waals surface area contributed by atoms with E-state index in [0.29, 0.717) is 17.1 Å². The van der Waals surface area contributed by atoms with E-state index >= 15 is 0 Å². The maximum absolute atomic E-state index is 11.8. The van der Waals surface area contributed by atoms with E-state index in [4.69, 9.17) is 10.0 Å². The molecule has 0 saturated carbocycles. The number of imide groups is 1. The number of para-hydroxylation sites is 1. The molecule has 0 spiro atoms. The molecule has 2 aromatic carbocycles. The fourth-order valence-corrected chi connectivity index (χ4v) is 3.01. The number of hydrogen-bond donors (Lipinski definition) is 2. The summed E-state index contributed by atoms with van der Waals surface area (Å²) in [5.74, 6) is -0.0855. The fourth-order valence-electron chi connectivity index (χ4n) is 3.01. The molecule has 0 bridgehead atoms. The molecule has 2 N–H and O–H groups in total. The first-order valence-corrected chi connectivity index (χ1v) is 9.66. The Labute approximate surface area is 167 Å². The Morgan fingerprint density at radius 2 is 1.43 bits per heavy atom. The first kappa shape index (κ1) is 21.9. The maximum atomic E-state index is 11.8. The summed E-state index contributed by atoms with van der Waals surface area (Å²) in [6.07, 6.45) is 1.10. The zero-order valence-electron chi connectivity index (χ0n) is 16.9. The lowest BCUT2D eigenvalue weighted by molar-refractivity contribution is -0.122. The van der Waals surface area contributed by atoms with Crippen LogP contribution in [0.3, 0.4) is 0 Å². The fraction of sp³-hybridized carbons (Fsp3) is 0.364. The number of carbonyl (C=O) groups excluding carboxylic acids is 2. The lowest BCUT2D eigenvalue weighted by Gasteiger charge is -2.13. The third-order valence-corrected chi connectivity index (χ3v) is 5.40. The molecule has 3 atom stereocenters. The highest BCUT2D eigenvalue weighted by Crippen LogP contribution is 2.29. The van der Waals surface area contributed by atoms with Gasteiger partial charge in [0.15, 0.2) is 0 Å². The highest BCUT2D eigenvalue weighted by atomic mass is 16.4. The summed E-state index contributed by atoms with van der Waals surface area (Å²) in [6.45, 7) is 7.89. The lowest BCUT2D eigenvalue weighted by Crippen LogP contribution is -2.30. The van der Waals surface area contributed by atoms with E-state index in [-0.39, 0.29) is 23.7 Å². The predicted molar refractivity (Wildman–Crippen MR) is 112 cm³/mol. The van der Waals surface area contributed by atoms with Crippen LogP contribution in [-0.2, 0) is 9.59 Å². The van der Waals surface area contributed by atoms with Crippen molar-refractivity contribution < 1.29 is 19.6 Å². The van der Waals surface area contributed by atoms with Crippen molar-refractivity contribution in [3.05, 3.63) is 60.2 Å². The Balaban J connectivity index is 0.000000203. The summed E-state index contributed by atoms with van der Waals surface area (Å²) in [5.41, 5.74) is 2.46. The summed E-state index contributed by atoms with van der Waals surface area (Å²) in [5, 5.41) is 17.7. The van der Waals surface area contributed by atoms with Crippen LogP contribution in [0, 0.1) is 11.8 Å². The number of benzene rings is 2. The van der Waals surface area contributed by atoms with E-state index in [1.54, 1.807) is 38.1 Å². The van der Waals surface area contributed by atoms with Gasteiger partial charge < -0.3 is 10.0 Å². The third kappa shape index (κ3) is 4.88. The van der Waals surface area contributed by atoms with Crippen LogP contribution < -0.4 is 10.4 Å². The normalized spacial score (nSPS) is 19.9. The summed E-state index contributed by atoms with van der Waals surface area (Å²) in [7, 11) is -1.36. The molecule has 148 valence electrons. The average Bonchev–Trinajstić information content (AvgIpc) is 2.91. The molecule has 3 rings (SSSR count). The van der Waals surface area contributed by atoms with Crippen LogP contribution in [0.25, 0.3) is 0 Å². The summed E-state index contributed by atoms with van der Waals surface area (Å²) < 4.78 is 0. The molecule has 0 aliphatic carbocycles. The molecule has 5 nitrogen and oxygen atoms in total. The Bertz CT molecular complexity index is 772. The van der Waals surface area contributed by atoms with Crippen LogP contribution in [0.1, 0.15) is 45.6 Å². The van der Waals surface area contributed by atoms with Gasteiger partial charge in [-0.05, 0) is 35.5 Å². The van der Waals surface area contributed by atoms with Gasteiger partial charge in [0.25, 0.3) is 0 Å². The number of carbonyl (C=O) groups is 2. The number of rotatable bonds is 4. The van der Waals surface area contributed by atoms with E-state index in [1.807, 2.05) is 30.3 Å². The molecule has 0 radical (unpaired) electrons. The molecule has 3 unspecified atom stereocenters. The van der Waals surface area contributed by atoms with Crippen molar-refractivity contribution in [2.45, 2.75) is 40.0 Å². The van der Waals surface area contributed by atoms with E-state index in [0.717, 1.165) is 6.42 Å². The summed E-state index contributed by atoms with van der Waals surface area (Å²) >= 11 is 0. The molecule has 2 aromatic rings. The van der Waals surface area contributed by atoms with Gasteiger partial charge in [-0.1, -0.05) is 70.2 Å². The van der Waals surface area contributed by atoms with Gasteiger partial charge in [0.1, 0.15) is 0 Å². The van der Waals surface area contributed by atoms with Crippen molar-refractivity contribution in [3.63, 3.8) is 0 Å². The van der Waals surface area contributed by atoms with Crippen LogP contribution in [0.15, 0.2) is 54.6 Å². The molecule has 1 fully saturated rings. The molecule has 1 aliphatic heterocycles. The first-order chi connectivity index (χ1) is 13.3. The van der Waals surface area contributed by atoms with Crippen LogP contribution >= 0.6 is 0 Å². The summed E-state index contributed by atoms with van der Waals surface area (Å²) in [4.78, 5) is 25.0. The molecular weight excluding hydrogens is 353 g/mol. The Morgan fingerprint density at radius 1 is 0.929 bits per heavy atom. The van der Waals surface area contributed by atoms with Gasteiger partial charge in [0.2, 0.25) is 11.8 Å². The minimum atomic E-state index is -1.36. The van der Waals surface area contributed by atoms with E-state index in [9.17, 15) is 9.59 Å². The molecule has 2 amide bonds. The topological polar surface area (TPSA) is 77.8 Å². The second-order valence-electron chi connectivity index (χ2n) is 7.27.